The molecule has 3 aromatic rings. The van der Waals surface area contributed by atoms with Crippen LogP contribution < -0.4 is 14.2 Å². The average molecular weight is 511 g/mol. The highest BCUT2D eigenvalue weighted by Crippen LogP contribution is 2.35. The number of halogens is 1. The van der Waals surface area contributed by atoms with Gasteiger partial charge in [0.05, 0.1) is 6.04 Å². The predicted octanol–water partition coefficient (Wildman–Crippen LogP) is 4.67. The minimum atomic E-state index is -0.444. The monoisotopic (exact) mass is 510 g/mol. The normalized spacial score (nSPS) is 15.9. The zero-order chi connectivity index (χ0) is 25.1. The van der Waals surface area contributed by atoms with Crippen LogP contribution in [0.1, 0.15) is 40.2 Å². The summed E-state index contributed by atoms with van der Waals surface area (Å²) in [5.74, 6) is 0.419. The van der Waals surface area contributed by atoms with E-state index in [1.165, 1.54) is 10.9 Å². The number of hydrogen-bond acceptors (Lipinski definition) is 6. The Morgan fingerprint density at radius 2 is 2.00 bits per heavy atom. The Morgan fingerprint density at radius 3 is 2.83 bits per heavy atom. The summed E-state index contributed by atoms with van der Waals surface area (Å²) in [5.41, 5.74) is 1.46. The molecular weight excluding hydrogens is 483 g/mol. The van der Waals surface area contributed by atoms with Gasteiger partial charge in [-0.1, -0.05) is 19.1 Å². The largest absolute Gasteiger partial charge is 0.488 e. The first-order valence-corrected chi connectivity index (χ1v) is 12.8. The molecule has 0 bridgehead atoms. The molecule has 2 amide bonds. The van der Waals surface area contributed by atoms with Crippen molar-refractivity contribution in [2.45, 2.75) is 25.8 Å². The van der Waals surface area contributed by atoms with Gasteiger partial charge in [-0.3, -0.25) is 9.59 Å². The van der Waals surface area contributed by atoms with Crippen molar-refractivity contribution in [1.29, 1.82) is 0 Å². The maximum Gasteiger partial charge on any atom is 0.254 e. The highest BCUT2D eigenvalue weighted by Gasteiger charge is 2.34. The third-order valence-corrected chi connectivity index (χ3v) is 7.37. The number of hydrogen-bond donors (Lipinski definition) is 0. The van der Waals surface area contributed by atoms with Crippen molar-refractivity contribution in [3.8, 4) is 17.2 Å². The van der Waals surface area contributed by atoms with E-state index < -0.39 is 5.82 Å². The lowest BCUT2D eigenvalue weighted by Gasteiger charge is -2.37. The number of nitrogens with zero attached hydrogens (tertiary/aromatic N) is 2. The third-order valence-electron chi connectivity index (χ3n) is 6.37. The molecule has 0 fully saturated rings. The Balaban J connectivity index is 1.34. The maximum absolute atomic E-state index is 14.2. The highest BCUT2D eigenvalue weighted by atomic mass is 32.1. The van der Waals surface area contributed by atoms with Crippen LogP contribution >= 0.6 is 11.3 Å². The summed E-state index contributed by atoms with van der Waals surface area (Å²) in [6, 6.07) is 12.9. The van der Waals surface area contributed by atoms with Gasteiger partial charge in [0.15, 0.2) is 23.1 Å². The molecule has 0 saturated heterocycles. The number of para-hydroxylation sites is 1. The van der Waals surface area contributed by atoms with E-state index in [1.807, 2.05) is 18.4 Å². The van der Waals surface area contributed by atoms with E-state index in [-0.39, 0.29) is 43.6 Å². The van der Waals surface area contributed by atoms with E-state index in [9.17, 15) is 14.0 Å². The topological polar surface area (TPSA) is 68.3 Å². The average Bonchev–Trinajstić information content (AvgIpc) is 3.56. The Bertz CT molecular complexity index is 1260. The summed E-state index contributed by atoms with van der Waals surface area (Å²) in [4.78, 5) is 31.4. The SMILES string of the molecule is CCCN(CC(=O)N1CCc2sccc2[C@H]1COc1ccccc1F)C(=O)c1ccc2c(c1)OCO2. The molecule has 2 aliphatic rings. The van der Waals surface area contributed by atoms with Crippen molar-refractivity contribution in [3.05, 3.63) is 75.7 Å². The van der Waals surface area contributed by atoms with E-state index in [1.54, 1.807) is 57.5 Å². The summed E-state index contributed by atoms with van der Waals surface area (Å²) in [7, 11) is 0. The first kappa shape index (κ1) is 24.1. The molecular formula is C27H27FN2O5S. The van der Waals surface area contributed by atoms with Crippen molar-refractivity contribution in [3.63, 3.8) is 0 Å². The zero-order valence-corrected chi connectivity index (χ0v) is 20.8. The minimum absolute atomic E-state index is 0.0587. The molecule has 9 heteroatoms. The Morgan fingerprint density at radius 1 is 1.17 bits per heavy atom. The Labute approximate surface area is 213 Å². The summed E-state index contributed by atoms with van der Waals surface area (Å²) in [5, 5.41) is 2.00. The van der Waals surface area contributed by atoms with E-state index in [2.05, 4.69) is 0 Å². The lowest BCUT2D eigenvalue weighted by atomic mass is 10.0. The number of thiophene rings is 1. The standard InChI is InChI=1S/C27H27FN2O5S/c1-2-11-29(27(32)18-7-8-23-24(14-18)35-17-34-23)15-26(31)30-12-9-25-19(10-13-36-25)21(30)16-33-22-6-4-3-5-20(22)28/h3-8,10,13-14,21H,2,9,11-12,15-17H2,1H3/t21-/m1/s1. The maximum atomic E-state index is 14.2. The van der Waals surface area contributed by atoms with Crippen LogP contribution in [0.2, 0.25) is 0 Å². The van der Waals surface area contributed by atoms with Crippen LogP contribution in [0.15, 0.2) is 53.9 Å². The zero-order valence-electron chi connectivity index (χ0n) is 19.9. The Hall–Kier alpha value is -3.59. The number of ether oxygens (including phenoxy) is 3. The molecule has 2 aromatic carbocycles. The molecule has 1 atom stereocenters. The quantitative estimate of drug-likeness (QED) is 0.441. The Kier molecular flexibility index (Phi) is 7.09. The van der Waals surface area contributed by atoms with Gasteiger partial charge >= 0.3 is 0 Å². The number of rotatable bonds is 8. The van der Waals surface area contributed by atoms with Gasteiger partial charge in [-0.25, -0.2) is 4.39 Å². The summed E-state index contributed by atoms with van der Waals surface area (Å²) >= 11 is 1.65. The number of carbonyl (C=O) groups excluding carboxylic acids is 2. The summed E-state index contributed by atoms with van der Waals surface area (Å²) in [6.45, 7) is 3.10. The fraction of sp³-hybridized carbons (Fsp3) is 0.333. The molecule has 0 saturated carbocycles. The van der Waals surface area contributed by atoms with Crippen LogP contribution in [-0.2, 0) is 11.2 Å². The van der Waals surface area contributed by atoms with Gasteiger partial charge in [0, 0.05) is 23.5 Å². The molecule has 0 aliphatic carbocycles. The van der Waals surface area contributed by atoms with E-state index >= 15 is 0 Å². The molecule has 1 aromatic heterocycles. The highest BCUT2D eigenvalue weighted by molar-refractivity contribution is 7.10. The summed E-state index contributed by atoms with van der Waals surface area (Å²) in [6.07, 6.45) is 1.44. The molecule has 0 N–H and O–H groups in total. The van der Waals surface area contributed by atoms with Gasteiger partial charge in [0.1, 0.15) is 13.2 Å². The second kappa shape index (κ2) is 10.6. The molecule has 36 heavy (non-hydrogen) atoms. The molecule has 2 aliphatic heterocycles. The van der Waals surface area contributed by atoms with Gasteiger partial charge < -0.3 is 24.0 Å². The van der Waals surface area contributed by atoms with Crippen molar-refractivity contribution in [2.24, 2.45) is 0 Å². The smallest absolute Gasteiger partial charge is 0.254 e. The van der Waals surface area contributed by atoms with Gasteiger partial charge in [-0.2, -0.15) is 0 Å². The predicted molar refractivity (Wildman–Crippen MR) is 133 cm³/mol. The lowest BCUT2D eigenvalue weighted by molar-refractivity contribution is -0.135. The van der Waals surface area contributed by atoms with E-state index in [0.717, 1.165) is 12.0 Å². The van der Waals surface area contributed by atoms with Crippen molar-refractivity contribution in [2.75, 3.05) is 33.0 Å². The van der Waals surface area contributed by atoms with Gasteiger partial charge in [-0.15, -0.1) is 11.3 Å². The number of benzene rings is 2. The third kappa shape index (κ3) is 4.88. The van der Waals surface area contributed by atoms with Crippen molar-refractivity contribution >= 4 is 23.2 Å². The van der Waals surface area contributed by atoms with Crippen LogP contribution in [0.4, 0.5) is 4.39 Å². The summed E-state index contributed by atoms with van der Waals surface area (Å²) < 4.78 is 30.7. The number of carbonyl (C=O) groups is 2. The molecule has 3 heterocycles. The van der Waals surface area contributed by atoms with Gasteiger partial charge in [0.25, 0.3) is 5.91 Å². The van der Waals surface area contributed by atoms with Crippen LogP contribution in [0.3, 0.4) is 0 Å². The van der Waals surface area contributed by atoms with Crippen LogP contribution in [-0.4, -0.2) is 54.6 Å². The molecule has 5 rings (SSSR count). The first-order chi connectivity index (χ1) is 17.5. The second-order valence-corrected chi connectivity index (χ2v) is 9.69. The van der Waals surface area contributed by atoms with Gasteiger partial charge in [0.2, 0.25) is 12.7 Å². The van der Waals surface area contributed by atoms with Crippen LogP contribution in [0.25, 0.3) is 0 Å². The molecule has 0 radical (unpaired) electrons. The molecule has 0 unspecified atom stereocenters. The van der Waals surface area contributed by atoms with Gasteiger partial charge in [-0.05, 0) is 60.2 Å². The molecule has 188 valence electrons. The van der Waals surface area contributed by atoms with Crippen molar-refractivity contribution < 1.29 is 28.2 Å². The van der Waals surface area contributed by atoms with Crippen molar-refractivity contribution in [1.82, 2.24) is 9.80 Å². The first-order valence-electron chi connectivity index (χ1n) is 12.0. The number of amides is 2. The second-order valence-electron chi connectivity index (χ2n) is 8.69. The van der Waals surface area contributed by atoms with E-state index in [0.29, 0.717) is 36.6 Å². The number of fused-ring (bicyclic) bond motifs is 2. The molecule has 0 spiro atoms. The van der Waals surface area contributed by atoms with Crippen LogP contribution in [0.5, 0.6) is 17.2 Å². The van der Waals surface area contributed by atoms with E-state index in [4.69, 9.17) is 14.2 Å². The fourth-order valence-electron chi connectivity index (χ4n) is 4.59. The fourth-order valence-corrected chi connectivity index (χ4v) is 5.52. The minimum Gasteiger partial charge on any atom is -0.488 e. The lowest BCUT2D eigenvalue weighted by Crippen LogP contribution is -2.48. The molecule has 7 nitrogen and oxygen atoms in total. The van der Waals surface area contributed by atoms with Crippen LogP contribution in [0, 0.1) is 5.82 Å².